The number of piperazine rings is 1. The fourth-order valence-electron chi connectivity index (χ4n) is 2.67. The second-order valence-corrected chi connectivity index (χ2v) is 5.78. The zero-order valence-electron chi connectivity index (χ0n) is 13.3. The molecule has 5 nitrogen and oxygen atoms in total. The Morgan fingerprint density at radius 1 is 1.27 bits per heavy atom. The molecular weight excluding hydrogens is 285 g/mol. The van der Waals surface area contributed by atoms with Gasteiger partial charge in [-0.3, -0.25) is 14.5 Å². The van der Waals surface area contributed by atoms with Gasteiger partial charge >= 0.3 is 0 Å². The SMILES string of the molecule is CC(=O)N1CCN(Cc2ccccc2F)[C@@H](C(=O)N(C)C)C1. The zero-order valence-corrected chi connectivity index (χ0v) is 13.3. The first-order chi connectivity index (χ1) is 10.4. The molecule has 2 amide bonds. The fourth-order valence-corrected chi connectivity index (χ4v) is 2.67. The molecule has 0 aromatic heterocycles. The molecule has 1 atom stereocenters. The number of nitrogens with zero attached hydrogens (tertiary/aromatic N) is 3. The van der Waals surface area contributed by atoms with Gasteiger partial charge in [0, 0.05) is 52.8 Å². The molecule has 0 unspecified atom stereocenters. The monoisotopic (exact) mass is 307 g/mol. The van der Waals surface area contributed by atoms with E-state index in [2.05, 4.69) is 0 Å². The van der Waals surface area contributed by atoms with Crippen molar-refractivity contribution in [1.29, 1.82) is 0 Å². The highest BCUT2D eigenvalue weighted by Gasteiger charge is 2.34. The Bertz CT molecular complexity index is 562. The molecule has 1 aromatic rings. The molecule has 0 saturated carbocycles. The van der Waals surface area contributed by atoms with E-state index in [1.165, 1.54) is 17.9 Å². The molecule has 0 N–H and O–H groups in total. The minimum Gasteiger partial charge on any atom is -0.347 e. The predicted octanol–water partition coefficient (Wildman–Crippen LogP) is 0.947. The number of halogens is 1. The predicted molar refractivity (Wildman–Crippen MR) is 81.5 cm³/mol. The minimum atomic E-state index is -0.438. The molecule has 6 heteroatoms. The summed E-state index contributed by atoms with van der Waals surface area (Å²) in [5.74, 6) is -0.378. The molecule has 0 radical (unpaired) electrons. The number of rotatable bonds is 3. The van der Waals surface area contributed by atoms with E-state index in [9.17, 15) is 14.0 Å². The van der Waals surface area contributed by atoms with Crippen LogP contribution in [0.1, 0.15) is 12.5 Å². The van der Waals surface area contributed by atoms with Crippen LogP contribution in [0.5, 0.6) is 0 Å². The lowest BCUT2D eigenvalue weighted by Crippen LogP contribution is -2.59. The molecule has 1 fully saturated rings. The summed E-state index contributed by atoms with van der Waals surface area (Å²) >= 11 is 0. The largest absolute Gasteiger partial charge is 0.347 e. The standard InChI is InChI=1S/C16H22FN3O2/c1-12(21)19-8-9-20(15(11-19)16(22)18(2)3)10-13-6-4-5-7-14(13)17/h4-7,15H,8-11H2,1-3H3/t15-/m1/s1. The van der Waals surface area contributed by atoms with E-state index in [1.54, 1.807) is 37.2 Å². The highest BCUT2D eigenvalue weighted by Crippen LogP contribution is 2.17. The maximum atomic E-state index is 13.8. The molecule has 120 valence electrons. The Morgan fingerprint density at radius 2 is 1.95 bits per heavy atom. The number of hydrogen-bond donors (Lipinski definition) is 0. The van der Waals surface area contributed by atoms with Gasteiger partial charge in [-0.15, -0.1) is 0 Å². The molecule has 22 heavy (non-hydrogen) atoms. The van der Waals surface area contributed by atoms with E-state index in [4.69, 9.17) is 0 Å². The van der Waals surface area contributed by atoms with E-state index < -0.39 is 6.04 Å². The summed E-state index contributed by atoms with van der Waals surface area (Å²) < 4.78 is 13.8. The van der Waals surface area contributed by atoms with Crippen LogP contribution in [-0.4, -0.2) is 66.3 Å². The second kappa shape index (κ2) is 6.87. The van der Waals surface area contributed by atoms with Crippen LogP contribution in [0, 0.1) is 5.82 Å². The van der Waals surface area contributed by atoms with E-state index in [1.807, 2.05) is 4.90 Å². The summed E-state index contributed by atoms with van der Waals surface area (Å²) in [4.78, 5) is 29.1. The number of carbonyl (C=O) groups is 2. The van der Waals surface area contributed by atoms with Crippen LogP contribution in [0.4, 0.5) is 4.39 Å². The number of benzene rings is 1. The van der Waals surface area contributed by atoms with Crippen molar-refractivity contribution in [3.63, 3.8) is 0 Å². The van der Waals surface area contributed by atoms with Gasteiger partial charge in [-0.1, -0.05) is 18.2 Å². The molecule has 1 heterocycles. The Kier molecular flexibility index (Phi) is 5.13. The lowest BCUT2D eigenvalue weighted by molar-refractivity contribution is -0.141. The maximum Gasteiger partial charge on any atom is 0.241 e. The fraction of sp³-hybridized carbons (Fsp3) is 0.500. The second-order valence-electron chi connectivity index (χ2n) is 5.78. The Morgan fingerprint density at radius 3 is 2.55 bits per heavy atom. The summed E-state index contributed by atoms with van der Waals surface area (Å²) in [6, 6.07) is 6.14. The van der Waals surface area contributed by atoms with Crippen molar-refractivity contribution >= 4 is 11.8 Å². The molecule has 1 aliphatic rings. The summed E-state index contributed by atoms with van der Waals surface area (Å²) in [5, 5.41) is 0. The summed E-state index contributed by atoms with van der Waals surface area (Å²) in [6.45, 7) is 3.33. The van der Waals surface area contributed by atoms with Crippen LogP contribution in [0.2, 0.25) is 0 Å². The van der Waals surface area contributed by atoms with Crippen molar-refractivity contribution in [1.82, 2.24) is 14.7 Å². The van der Waals surface area contributed by atoms with Gasteiger partial charge in [0.2, 0.25) is 11.8 Å². The van der Waals surface area contributed by atoms with Gasteiger partial charge in [0.25, 0.3) is 0 Å². The first-order valence-corrected chi connectivity index (χ1v) is 7.34. The third-order valence-corrected chi connectivity index (χ3v) is 3.99. The smallest absolute Gasteiger partial charge is 0.241 e. The third-order valence-electron chi connectivity index (χ3n) is 3.99. The van der Waals surface area contributed by atoms with Crippen molar-refractivity contribution in [3.05, 3.63) is 35.6 Å². The van der Waals surface area contributed by atoms with Gasteiger partial charge in [0.15, 0.2) is 0 Å². The van der Waals surface area contributed by atoms with Crippen molar-refractivity contribution in [2.75, 3.05) is 33.7 Å². The molecule has 0 bridgehead atoms. The zero-order chi connectivity index (χ0) is 16.3. The van der Waals surface area contributed by atoms with Crippen LogP contribution >= 0.6 is 0 Å². The molecule has 0 spiro atoms. The lowest BCUT2D eigenvalue weighted by Gasteiger charge is -2.41. The number of carbonyl (C=O) groups excluding carboxylic acids is 2. The molecular formula is C16H22FN3O2. The van der Waals surface area contributed by atoms with Crippen molar-refractivity contribution in [2.45, 2.75) is 19.5 Å². The van der Waals surface area contributed by atoms with E-state index in [0.717, 1.165) is 0 Å². The number of amides is 2. The Labute approximate surface area is 130 Å². The molecule has 0 aliphatic carbocycles. The van der Waals surface area contributed by atoms with Gasteiger partial charge < -0.3 is 9.80 Å². The van der Waals surface area contributed by atoms with Crippen molar-refractivity contribution in [3.8, 4) is 0 Å². The van der Waals surface area contributed by atoms with E-state index >= 15 is 0 Å². The maximum absolute atomic E-state index is 13.8. The van der Waals surface area contributed by atoms with Gasteiger partial charge in [0.1, 0.15) is 11.9 Å². The number of hydrogen-bond acceptors (Lipinski definition) is 3. The third kappa shape index (κ3) is 3.62. The summed E-state index contributed by atoms with van der Waals surface area (Å²) in [7, 11) is 3.38. The average Bonchev–Trinajstić information content (AvgIpc) is 2.48. The lowest BCUT2D eigenvalue weighted by atomic mass is 10.1. The van der Waals surface area contributed by atoms with Crippen LogP contribution in [0.25, 0.3) is 0 Å². The minimum absolute atomic E-state index is 0.0397. The quantitative estimate of drug-likeness (QED) is 0.835. The normalized spacial score (nSPS) is 19.1. The summed E-state index contributed by atoms with van der Waals surface area (Å²) in [6.07, 6.45) is 0. The topological polar surface area (TPSA) is 43.9 Å². The van der Waals surface area contributed by atoms with Crippen molar-refractivity contribution in [2.24, 2.45) is 0 Å². The Balaban J connectivity index is 2.19. The van der Waals surface area contributed by atoms with Gasteiger partial charge in [-0.25, -0.2) is 4.39 Å². The van der Waals surface area contributed by atoms with Crippen LogP contribution in [0.3, 0.4) is 0 Å². The van der Waals surface area contributed by atoms with Crippen LogP contribution in [0.15, 0.2) is 24.3 Å². The molecule has 1 aliphatic heterocycles. The highest BCUT2D eigenvalue weighted by atomic mass is 19.1. The van der Waals surface area contributed by atoms with Gasteiger partial charge in [-0.2, -0.15) is 0 Å². The molecule has 1 saturated heterocycles. The average molecular weight is 307 g/mol. The Hall–Kier alpha value is -1.95. The van der Waals surface area contributed by atoms with Gasteiger partial charge in [-0.05, 0) is 6.07 Å². The van der Waals surface area contributed by atoms with E-state index in [-0.39, 0.29) is 17.6 Å². The molecule has 1 aromatic carbocycles. The van der Waals surface area contributed by atoms with Crippen molar-refractivity contribution < 1.29 is 14.0 Å². The van der Waals surface area contributed by atoms with Crippen LogP contribution in [-0.2, 0) is 16.1 Å². The molecule has 2 rings (SSSR count). The first kappa shape index (κ1) is 16.4. The van der Waals surface area contributed by atoms with E-state index in [0.29, 0.717) is 31.7 Å². The number of likely N-dealkylation sites (N-methyl/N-ethyl adjacent to an activating group) is 1. The van der Waals surface area contributed by atoms with Gasteiger partial charge in [0.05, 0.1) is 0 Å². The summed E-state index contributed by atoms with van der Waals surface area (Å²) in [5.41, 5.74) is 0.565. The van der Waals surface area contributed by atoms with Crippen LogP contribution < -0.4 is 0 Å². The highest BCUT2D eigenvalue weighted by molar-refractivity contribution is 5.83. The first-order valence-electron chi connectivity index (χ1n) is 7.34.